The van der Waals surface area contributed by atoms with Gasteiger partial charge in [0.25, 0.3) is 0 Å². The molecule has 3 nitrogen and oxygen atoms in total. The summed E-state index contributed by atoms with van der Waals surface area (Å²) in [6.07, 6.45) is 1.11. The van der Waals surface area contributed by atoms with E-state index in [1.165, 1.54) is 0 Å². The van der Waals surface area contributed by atoms with Crippen LogP contribution in [0, 0.1) is 0 Å². The van der Waals surface area contributed by atoms with E-state index in [1.54, 1.807) is 0 Å². The van der Waals surface area contributed by atoms with Crippen molar-refractivity contribution in [2.24, 2.45) is 0 Å². The Morgan fingerprint density at radius 3 is 2.63 bits per heavy atom. The fourth-order valence-corrected chi connectivity index (χ4v) is 2.05. The number of anilines is 1. The van der Waals surface area contributed by atoms with Crippen LogP contribution < -0.4 is 10.2 Å². The summed E-state index contributed by atoms with van der Waals surface area (Å²) in [5.74, 6) is 0. The number of aliphatic hydroxyl groups is 1. The van der Waals surface area contributed by atoms with Crippen LogP contribution in [-0.2, 0) is 6.54 Å². The molecule has 4 heteroatoms. The summed E-state index contributed by atoms with van der Waals surface area (Å²) in [7, 11) is 2.00. The fourth-order valence-electron chi connectivity index (χ4n) is 1.85. The molecular weight excluding hydrogens is 260 g/mol. The number of rotatable bonds is 7. The van der Waals surface area contributed by atoms with Gasteiger partial charge in [0.2, 0.25) is 0 Å². The van der Waals surface area contributed by atoms with Gasteiger partial charge in [0.1, 0.15) is 0 Å². The molecule has 0 aliphatic carbocycles. The SMILES string of the molecule is CCCNCc1cc(Cl)ccc1N(C)C(C)(C)CO. The highest BCUT2D eigenvalue weighted by Crippen LogP contribution is 2.28. The normalized spacial score (nSPS) is 11.7. The molecule has 1 rings (SSSR count). The van der Waals surface area contributed by atoms with Gasteiger partial charge in [-0.05, 0) is 50.6 Å². The summed E-state index contributed by atoms with van der Waals surface area (Å²) in [5, 5.41) is 13.6. The number of aliphatic hydroxyl groups excluding tert-OH is 1. The van der Waals surface area contributed by atoms with Crippen molar-refractivity contribution in [2.75, 3.05) is 25.1 Å². The molecule has 0 spiro atoms. The van der Waals surface area contributed by atoms with E-state index >= 15 is 0 Å². The summed E-state index contributed by atoms with van der Waals surface area (Å²) in [5.41, 5.74) is 1.96. The lowest BCUT2D eigenvalue weighted by atomic mass is 10.0. The van der Waals surface area contributed by atoms with Crippen molar-refractivity contribution >= 4 is 17.3 Å². The van der Waals surface area contributed by atoms with Crippen LogP contribution in [-0.4, -0.2) is 30.8 Å². The van der Waals surface area contributed by atoms with Crippen molar-refractivity contribution in [3.63, 3.8) is 0 Å². The number of hydrogen-bond donors (Lipinski definition) is 2. The summed E-state index contributed by atoms with van der Waals surface area (Å²) in [4.78, 5) is 2.10. The van der Waals surface area contributed by atoms with Gasteiger partial charge in [0.05, 0.1) is 12.1 Å². The van der Waals surface area contributed by atoms with E-state index in [-0.39, 0.29) is 12.1 Å². The number of benzene rings is 1. The molecule has 0 aromatic heterocycles. The Morgan fingerprint density at radius 2 is 2.05 bits per heavy atom. The molecule has 1 aromatic carbocycles. The molecule has 0 radical (unpaired) electrons. The van der Waals surface area contributed by atoms with Crippen molar-refractivity contribution < 1.29 is 5.11 Å². The summed E-state index contributed by atoms with van der Waals surface area (Å²) in [6.45, 7) is 8.06. The highest BCUT2D eigenvalue weighted by atomic mass is 35.5. The van der Waals surface area contributed by atoms with E-state index in [0.717, 1.165) is 35.8 Å². The molecule has 1 aromatic rings. The smallest absolute Gasteiger partial charge is 0.0658 e. The zero-order valence-electron chi connectivity index (χ0n) is 12.3. The van der Waals surface area contributed by atoms with Crippen LogP contribution >= 0.6 is 11.6 Å². The minimum atomic E-state index is -0.298. The largest absolute Gasteiger partial charge is 0.394 e. The van der Waals surface area contributed by atoms with E-state index in [9.17, 15) is 5.11 Å². The van der Waals surface area contributed by atoms with E-state index in [4.69, 9.17) is 11.6 Å². The van der Waals surface area contributed by atoms with E-state index in [0.29, 0.717) is 0 Å². The first-order chi connectivity index (χ1) is 8.92. The molecule has 108 valence electrons. The lowest BCUT2D eigenvalue weighted by Gasteiger charge is -2.37. The summed E-state index contributed by atoms with van der Waals surface area (Å²) < 4.78 is 0. The average molecular weight is 285 g/mol. The first kappa shape index (κ1) is 16.3. The maximum atomic E-state index is 9.50. The molecular formula is C15H25ClN2O. The molecule has 0 heterocycles. The van der Waals surface area contributed by atoms with Crippen molar-refractivity contribution in [3.8, 4) is 0 Å². The van der Waals surface area contributed by atoms with Gasteiger partial charge in [0.15, 0.2) is 0 Å². The maximum Gasteiger partial charge on any atom is 0.0658 e. The van der Waals surface area contributed by atoms with Gasteiger partial charge in [-0.3, -0.25) is 0 Å². The van der Waals surface area contributed by atoms with Gasteiger partial charge in [-0.1, -0.05) is 18.5 Å². The Kier molecular flexibility index (Phi) is 6.11. The molecule has 0 unspecified atom stereocenters. The molecule has 0 aliphatic heterocycles. The highest BCUT2D eigenvalue weighted by Gasteiger charge is 2.24. The second-order valence-electron chi connectivity index (χ2n) is 5.48. The third-order valence-electron chi connectivity index (χ3n) is 3.44. The minimum absolute atomic E-state index is 0.105. The Hall–Kier alpha value is -0.770. The number of nitrogens with zero attached hydrogens (tertiary/aromatic N) is 1. The van der Waals surface area contributed by atoms with Crippen molar-refractivity contribution in [2.45, 2.75) is 39.3 Å². The number of nitrogens with one attached hydrogen (secondary N) is 1. The second-order valence-corrected chi connectivity index (χ2v) is 5.92. The van der Waals surface area contributed by atoms with Crippen LogP contribution in [0.25, 0.3) is 0 Å². The van der Waals surface area contributed by atoms with Crippen LogP contribution in [0.1, 0.15) is 32.8 Å². The third kappa shape index (κ3) is 4.37. The molecule has 0 amide bonds. The molecule has 0 atom stereocenters. The molecule has 2 N–H and O–H groups in total. The zero-order chi connectivity index (χ0) is 14.5. The first-order valence-corrected chi connectivity index (χ1v) is 7.14. The summed E-state index contributed by atoms with van der Waals surface area (Å²) >= 11 is 6.09. The van der Waals surface area contributed by atoms with Crippen LogP contribution in [0.5, 0.6) is 0 Å². The Morgan fingerprint density at radius 1 is 1.37 bits per heavy atom. The van der Waals surface area contributed by atoms with Crippen LogP contribution in [0.15, 0.2) is 18.2 Å². The lowest BCUT2D eigenvalue weighted by Crippen LogP contribution is -2.45. The number of likely N-dealkylation sites (N-methyl/N-ethyl adjacent to an activating group) is 1. The average Bonchev–Trinajstić information content (AvgIpc) is 2.38. The molecule has 0 bridgehead atoms. The molecule has 0 fully saturated rings. The predicted molar refractivity (Wildman–Crippen MR) is 83.0 cm³/mol. The van der Waals surface area contributed by atoms with Crippen molar-refractivity contribution in [1.82, 2.24) is 5.32 Å². The van der Waals surface area contributed by atoms with Crippen LogP contribution in [0.4, 0.5) is 5.69 Å². The predicted octanol–water partition coefficient (Wildman–Crippen LogP) is 3.05. The fraction of sp³-hybridized carbons (Fsp3) is 0.600. The molecule has 0 saturated heterocycles. The van der Waals surface area contributed by atoms with Gasteiger partial charge in [-0.25, -0.2) is 0 Å². The standard InChI is InChI=1S/C15H25ClN2O/c1-5-8-17-10-12-9-13(16)6-7-14(12)18(4)15(2,3)11-19/h6-7,9,17,19H,5,8,10-11H2,1-4H3. The number of halogens is 1. The third-order valence-corrected chi connectivity index (χ3v) is 3.68. The van der Waals surface area contributed by atoms with E-state index < -0.39 is 0 Å². The molecule has 0 saturated carbocycles. The minimum Gasteiger partial charge on any atom is -0.394 e. The van der Waals surface area contributed by atoms with E-state index in [2.05, 4.69) is 17.1 Å². The van der Waals surface area contributed by atoms with Gasteiger partial charge in [0, 0.05) is 24.3 Å². The Balaban J connectivity index is 2.98. The maximum absolute atomic E-state index is 9.50. The molecule has 0 aliphatic rings. The van der Waals surface area contributed by atoms with Gasteiger partial charge in [-0.15, -0.1) is 0 Å². The highest BCUT2D eigenvalue weighted by molar-refractivity contribution is 6.30. The zero-order valence-corrected chi connectivity index (χ0v) is 13.1. The first-order valence-electron chi connectivity index (χ1n) is 6.76. The molecule has 19 heavy (non-hydrogen) atoms. The van der Waals surface area contributed by atoms with Gasteiger partial charge < -0.3 is 15.3 Å². The van der Waals surface area contributed by atoms with Gasteiger partial charge in [-0.2, -0.15) is 0 Å². The van der Waals surface area contributed by atoms with E-state index in [1.807, 2.05) is 39.1 Å². The van der Waals surface area contributed by atoms with Crippen LogP contribution in [0.3, 0.4) is 0 Å². The monoisotopic (exact) mass is 284 g/mol. The van der Waals surface area contributed by atoms with Crippen molar-refractivity contribution in [1.29, 1.82) is 0 Å². The van der Waals surface area contributed by atoms with Gasteiger partial charge >= 0.3 is 0 Å². The Bertz CT molecular complexity index is 407. The Labute approximate surface area is 121 Å². The summed E-state index contributed by atoms with van der Waals surface area (Å²) in [6, 6.07) is 5.90. The second kappa shape index (κ2) is 7.13. The van der Waals surface area contributed by atoms with Crippen molar-refractivity contribution in [3.05, 3.63) is 28.8 Å². The van der Waals surface area contributed by atoms with Crippen LogP contribution in [0.2, 0.25) is 5.02 Å². The number of hydrogen-bond acceptors (Lipinski definition) is 3. The lowest BCUT2D eigenvalue weighted by molar-refractivity contribution is 0.216. The quantitative estimate of drug-likeness (QED) is 0.756. The topological polar surface area (TPSA) is 35.5 Å².